The highest BCUT2D eigenvalue weighted by Crippen LogP contribution is 2.57. The molecule has 19 heteroatoms. The molecule has 36 heavy (non-hydrogen) atoms. The molecule has 0 radical (unpaired) electrons. The monoisotopic (exact) mass is 670 g/mol. The molecule has 2 aromatic rings. The van der Waals surface area contributed by atoms with Crippen molar-refractivity contribution in [3.05, 3.63) is 66.0 Å². The van der Waals surface area contributed by atoms with Crippen LogP contribution in [-0.4, -0.2) is 58.9 Å². The Morgan fingerprint density at radius 1 is 1.11 bits per heavy atom. The Balaban J connectivity index is 1.82. The number of ether oxygens (including phenoxy) is 1. The molecule has 1 saturated heterocycles. The lowest BCUT2D eigenvalue weighted by atomic mass is 10.1. The smallest absolute Gasteiger partial charge is 0.387 e. The normalized spacial score (nSPS) is 24.1. The summed E-state index contributed by atoms with van der Waals surface area (Å²) < 4.78 is 64.2. The molecule has 14 nitrogen and oxygen atoms in total. The van der Waals surface area contributed by atoms with Crippen LogP contribution in [0, 0.1) is 15.2 Å². The first-order valence-electron chi connectivity index (χ1n) is 9.81. The molecule has 0 bridgehead atoms. The first kappa shape index (κ1) is 29.2. The van der Waals surface area contributed by atoms with Gasteiger partial charge in [-0.2, -0.15) is 4.31 Å². The van der Waals surface area contributed by atoms with E-state index < -0.39 is 69.7 Å². The topological polar surface area (TPSA) is 207 Å². The quantitative estimate of drug-likeness (QED) is 0.176. The fourth-order valence-electron chi connectivity index (χ4n) is 3.35. The van der Waals surface area contributed by atoms with Gasteiger partial charge in [0.2, 0.25) is 0 Å². The second-order valence-corrected chi connectivity index (χ2v) is 11.5. The molecule has 5 N–H and O–H groups in total. The van der Waals surface area contributed by atoms with Gasteiger partial charge in [0.1, 0.15) is 29.9 Å². The lowest BCUT2D eigenvalue weighted by Gasteiger charge is -2.19. The molecule has 1 aromatic carbocycles. The Morgan fingerprint density at radius 2 is 1.78 bits per heavy atom. The molecule has 1 aliphatic heterocycles. The number of phosphoric ester groups is 1. The summed E-state index contributed by atoms with van der Waals surface area (Å²) in [7, 11) is -10.7. The SMILES string of the molecule is O=c1c(I)cn([C@@H]2O[C@H](COP(=O)(O)OP(=O)(O)O)[C@H](O)[C@@H]2O)c(=O)n1CCc1ccc(F)cc1F. The fourth-order valence-corrected chi connectivity index (χ4v) is 5.54. The molecule has 0 saturated carbocycles. The van der Waals surface area contributed by atoms with E-state index in [0.717, 1.165) is 22.9 Å². The molecule has 5 atom stereocenters. The van der Waals surface area contributed by atoms with Crippen molar-refractivity contribution in [2.45, 2.75) is 37.5 Å². The van der Waals surface area contributed by atoms with Crippen LogP contribution < -0.4 is 11.2 Å². The molecule has 0 spiro atoms. The molecule has 1 unspecified atom stereocenters. The molecule has 1 aliphatic rings. The van der Waals surface area contributed by atoms with E-state index in [9.17, 15) is 42.6 Å². The van der Waals surface area contributed by atoms with E-state index in [0.29, 0.717) is 10.6 Å². The van der Waals surface area contributed by atoms with E-state index in [1.807, 2.05) is 0 Å². The van der Waals surface area contributed by atoms with E-state index in [-0.39, 0.29) is 22.1 Å². The van der Waals surface area contributed by atoms with Gasteiger partial charge in [-0.05, 0) is 40.6 Å². The summed E-state index contributed by atoms with van der Waals surface area (Å²) in [5, 5.41) is 20.6. The van der Waals surface area contributed by atoms with E-state index in [4.69, 9.17) is 14.5 Å². The van der Waals surface area contributed by atoms with Gasteiger partial charge in [-0.3, -0.25) is 18.5 Å². The van der Waals surface area contributed by atoms with Gasteiger partial charge in [0.25, 0.3) is 5.56 Å². The maximum atomic E-state index is 13.9. The first-order valence-corrected chi connectivity index (χ1v) is 13.9. The van der Waals surface area contributed by atoms with E-state index in [2.05, 4.69) is 8.83 Å². The van der Waals surface area contributed by atoms with Crippen LogP contribution in [-0.2, 0) is 35.7 Å². The minimum atomic E-state index is -5.40. The van der Waals surface area contributed by atoms with Gasteiger partial charge in [0.15, 0.2) is 6.23 Å². The van der Waals surface area contributed by atoms with Crippen molar-refractivity contribution in [2.75, 3.05) is 6.61 Å². The Hall–Kier alpha value is -1.37. The third-order valence-electron chi connectivity index (χ3n) is 5.00. The summed E-state index contributed by atoms with van der Waals surface area (Å²) >= 11 is 1.60. The zero-order chi connectivity index (χ0) is 27.0. The van der Waals surface area contributed by atoms with Gasteiger partial charge in [-0.15, -0.1) is 0 Å². The summed E-state index contributed by atoms with van der Waals surface area (Å²) in [6, 6.07) is 2.81. The second kappa shape index (κ2) is 11.2. The number of aryl methyl sites for hydroxylation is 1. The van der Waals surface area contributed by atoms with Crippen LogP contribution >= 0.6 is 38.2 Å². The number of hydrogen-bond acceptors (Lipinski definition) is 9. The van der Waals surface area contributed by atoms with Crippen LogP contribution in [0.5, 0.6) is 0 Å². The Morgan fingerprint density at radius 3 is 2.39 bits per heavy atom. The van der Waals surface area contributed by atoms with E-state index in [1.54, 1.807) is 22.6 Å². The molecular weight excluding hydrogens is 651 g/mol. The van der Waals surface area contributed by atoms with Crippen molar-refractivity contribution in [1.82, 2.24) is 9.13 Å². The summed E-state index contributed by atoms with van der Waals surface area (Å²) in [6.07, 6.45) is -5.94. The molecular formula is C17H19F2IN2O12P2. The minimum absolute atomic E-state index is 0.0216. The van der Waals surface area contributed by atoms with Crippen molar-refractivity contribution in [1.29, 1.82) is 0 Å². The van der Waals surface area contributed by atoms with Gasteiger partial charge in [-0.1, -0.05) is 6.07 Å². The molecule has 3 rings (SSSR count). The van der Waals surface area contributed by atoms with Crippen LogP contribution in [0.2, 0.25) is 0 Å². The third kappa shape index (κ3) is 6.93. The average molecular weight is 670 g/mol. The zero-order valence-electron chi connectivity index (χ0n) is 17.8. The van der Waals surface area contributed by atoms with Crippen molar-refractivity contribution in [2.24, 2.45) is 0 Å². The Labute approximate surface area is 213 Å². The number of aromatic nitrogens is 2. The summed E-state index contributed by atoms with van der Waals surface area (Å²) in [5.74, 6) is -1.68. The molecule has 1 aromatic heterocycles. The van der Waals surface area contributed by atoms with Gasteiger partial charge in [0, 0.05) is 18.8 Å². The number of aliphatic hydroxyl groups is 2. The maximum Gasteiger partial charge on any atom is 0.481 e. The maximum absolute atomic E-state index is 13.9. The molecule has 1 fully saturated rings. The third-order valence-corrected chi connectivity index (χ3v) is 7.89. The average Bonchev–Trinajstić information content (AvgIpc) is 3.03. The predicted molar refractivity (Wildman–Crippen MR) is 123 cm³/mol. The van der Waals surface area contributed by atoms with Crippen molar-refractivity contribution < 1.29 is 56.4 Å². The number of phosphoric acid groups is 2. The standard InChI is InChI=1S/C17H19F2IN2O12P2/c18-9-2-1-8(10(19)5-9)3-4-21-15(25)11(20)6-22(17(21)26)16-14(24)13(23)12(33-16)7-32-36(30,31)34-35(27,28)29/h1-2,5-6,12-14,16,23-24H,3-4,7H2,(H,30,31)(H2,27,28,29)/t12-,13+,14+,16-/m1/s1. The minimum Gasteiger partial charge on any atom is -0.387 e. The molecule has 2 heterocycles. The highest BCUT2D eigenvalue weighted by molar-refractivity contribution is 14.1. The lowest BCUT2D eigenvalue weighted by Crippen LogP contribution is -2.44. The van der Waals surface area contributed by atoms with Crippen LogP contribution in [0.15, 0.2) is 34.0 Å². The number of rotatable bonds is 9. The van der Waals surface area contributed by atoms with Gasteiger partial charge in [-0.25, -0.2) is 22.7 Å². The highest BCUT2D eigenvalue weighted by Gasteiger charge is 2.46. The second-order valence-electron chi connectivity index (χ2n) is 7.49. The number of benzene rings is 1. The van der Waals surface area contributed by atoms with Crippen LogP contribution in [0.3, 0.4) is 0 Å². The lowest BCUT2D eigenvalue weighted by molar-refractivity contribution is -0.0549. The van der Waals surface area contributed by atoms with Crippen LogP contribution in [0.1, 0.15) is 11.8 Å². The van der Waals surface area contributed by atoms with Gasteiger partial charge in [0.05, 0.1) is 10.2 Å². The van der Waals surface area contributed by atoms with Gasteiger partial charge < -0.3 is 29.6 Å². The Kier molecular flexibility index (Phi) is 9.05. The number of aliphatic hydroxyl groups excluding tert-OH is 2. The number of halogens is 3. The van der Waals surface area contributed by atoms with E-state index in [1.165, 1.54) is 0 Å². The molecule has 0 amide bonds. The largest absolute Gasteiger partial charge is 0.481 e. The van der Waals surface area contributed by atoms with Crippen molar-refractivity contribution in [3.63, 3.8) is 0 Å². The fraction of sp³-hybridized carbons (Fsp3) is 0.412. The summed E-state index contributed by atoms with van der Waals surface area (Å²) in [6.45, 7) is -1.32. The first-order chi connectivity index (χ1) is 16.6. The van der Waals surface area contributed by atoms with Crippen LogP contribution in [0.4, 0.5) is 8.78 Å². The zero-order valence-corrected chi connectivity index (χ0v) is 21.7. The van der Waals surface area contributed by atoms with Gasteiger partial charge >= 0.3 is 21.3 Å². The molecule has 0 aliphatic carbocycles. The predicted octanol–water partition coefficient (Wildman–Crippen LogP) is -0.0190. The Bertz CT molecular complexity index is 1350. The number of nitrogens with zero attached hydrogens (tertiary/aromatic N) is 2. The summed E-state index contributed by atoms with van der Waals surface area (Å²) in [4.78, 5) is 52.1. The molecule has 200 valence electrons. The van der Waals surface area contributed by atoms with Crippen molar-refractivity contribution >= 4 is 38.2 Å². The van der Waals surface area contributed by atoms with Crippen LogP contribution in [0.25, 0.3) is 0 Å². The van der Waals surface area contributed by atoms with Crippen molar-refractivity contribution in [3.8, 4) is 0 Å². The number of hydrogen-bond donors (Lipinski definition) is 5. The summed E-state index contributed by atoms with van der Waals surface area (Å²) in [5.41, 5.74) is -1.73. The van der Waals surface area contributed by atoms with E-state index >= 15 is 0 Å². The highest BCUT2D eigenvalue weighted by atomic mass is 127.